The quantitative estimate of drug-likeness (QED) is 0.926. The van der Waals surface area contributed by atoms with Crippen LogP contribution in [0.3, 0.4) is 0 Å². The van der Waals surface area contributed by atoms with Crippen LogP contribution < -0.4 is 5.32 Å². The topological polar surface area (TPSA) is 42.0 Å². The lowest BCUT2D eigenvalue weighted by atomic mass is 9.94. The molecule has 1 aromatic carbocycles. The number of pyridine rings is 1. The number of fused-ring (bicyclic) bond motifs is 1. The maximum atomic E-state index is 12.1. The predicted octanol–water partition coefficient (Wildman–Crippen LogP) is 4.03. The smallest absolute Gasteiger partial charge is 0.0725 e. The molecule has 3 atom stereocenters. The molecule has 0 spiro atoms. The van der Waals surface area contributed by atoms with Gasteiger partial charge in [0.25, 0.3) is 0 Å². The second-order valence-corrected chi connectivity index (χ2v) is 8.13. The van der Waals surface area contributed by atoms with Crippen molar-refractivity contribution in [3.63, 3.8) is 0 Å². The van der Waals surface area contributed by atoms with Crippen molar-refractivity contribution in [3.8, 4) is 0 Å². The van der Waals surface area contributed by atoms with Crippen molar-refractivity contribution in [2.75, 3.05) is 11.1 Å². The summed E-state index contributed by atoms with van der Waals surface area (Å²) >= 11 is 0. The van der Waals surface area contributed by atoms with Gasteiger partial charge in [0.2, 0.25) is 0 Å². The van der Waals surface area contributed by atoms with Gasteiger partial charge in [-0.05, 0) is 38.3 Å². The molecule has 0 aliphatic heterocycles. The lowest BCUT2D eigenvalue weighted by molar-refractivity contribution is 0.465. The largest absolute Gasteiger partial charge is 0.382 e. The van der Waals surface area contributed by atoms with Gasteiger partial charge in [0.1, 0.15) is 0 Å². The molecule has 1 aliphatic carbocycles. The molecular formula is C18H24N2OS. The lowest BCUT2D eigenvalue weighted by Crippen LogP contribution is -2.33. The van der Waals surface area contributed by atoms with E-state index in [1.54, 1.807) is 0 Å². The molecule has 4 heteroatoms. The molecule has 1 saturated carbocycles. The summed E-state index contributed by atoms with van der Waals surface area (Å²) in [6.07, 6.45) is 4.44. The van der Waals surface area contributed by atoms with E-state index in [1.807, 2.05) is 19.9 Å². The van der Waals surface area contributed by atoms with Gasteiger partial charge in [-0.25, -0.2) is 0 Å². The van der Waals surface area contributed by atoms with Gasteiger partial charge in [-0.2, -0.15) is 0 Å². The minimum atomic E-state index is -0.676. The van der Waals surface area contributed by atoms with Gasteiger partial charge in [0.15, 0.2) is 0 Å². The van der Waals surface area contributed by atoms with Gasteiger partial charge in [-0.15, -0.1) is 0 Å². The molecule has 3 nitrogen and oxygen atoms in total. The van der Waals surface area contributed by atoms with Crippen LogP contribution in [0.15, 0.2) is 30.3 Å². The zero-order chi connectivity index (χ0) is 15.5. The number of nitrogens with zero attached hydrogens (tertiary/aromatic N) is 1. The summed E-state index contributed by atoms with van der Waals surface area (Å²) in [5.74, 6) is 0.773. The molecule has 22 heavy (non-hydrogen) atoms. The van der Waals surface area contributed by atoms with Crippen LogP contribution in [0.5, 0.6) is 0 Å². The first-order chi connectivity index (χ1) is 10.7. The minimum absolute atomic E-state index is 0.352. The van der Waals surface area contributed by atoms with Crippen LogP contribution in [0.25, 0.3) is 10.9 Å². The number of para-hydroxylation sites is 1. The van der Waals surface area contributed by atoms with Gasteiger partial charge in [0.05, 0.1) is 5.52 Å². The summed E-state index contributed by atoms with van der Waals surface area (Å²) in [4.78, 5) is 4.60. The summed E-state index contributed by atoms with van der Waals surface area (Å²) in [7, 11) is -0.676. The maximum absolute atomic E-state index is 12.1. The molecule has 118 valence electrons. The van der Waals surface area contributed by atoms with E-state index >= 15 is 0 Å². The third-order valence-electron chi connectivity index (χ3n) is 4.49. The highest BCUT2D eigenvalue weighted by Gasteiger charge is 2.25. The second-order valence-electron chi connectivity index (χ2n) is 6.13. The number of aryl methyl sites for hydroxylation is 1. The standard InChI is InChI=1S/C18H24N2OS/c1-3-22(21)15-8-6-7-14(12-15)20-18-11-13(2)19-17-10-5-4-9-16(17)18/h4-5,9-11,14-15H,3,6-8,12H2,1-2H3,(H,19,20). The average molecular weight is 316 g/mol. The number of hydrogen-bond acceptors (Lipinski definition) is 3. The van der Waals surface area contributed by atoms with E-state index in [0.717, 1.165) is 48.3 Å². The van der Waals surface area contributed by atoms with Gasteiger partial charge in [0, 0.05) is 44.6 Å². The molecule has 1 aromatic heterocycles. The average Bonchev–Trinajstić information content (AvgIpc) is 2.54. The van der Waals surface area contributed by atoms with Crippen molar-refractivity contribution in [2.24, 2.45) is 0 Å². The van der Waals surface area contributed by atoms with Gasteiger partial charge >= 0.3 is 0 Å². The Morgan fingerprint density at radius 2 is 2.14 bits per heavy atom. The highest BCUT2D eigenvalue weighted by atomic mass is 32.2. The predicted molar refractivity (Wildman–Crippen MR) is 94.8 cm³/mol. The van der Waals surface area contributed by atoms with Crippen LogP contribution in [0, 0.1) is 6.92 Å². The van der Waals surface area contributed by atoms with Crippen LogP contribution in [-0.4, -0.2) is 26.2 Å². The van der Waals surface area contributed by atoms with Crippen LogP contribution >= 0.6 is 0 Å². The van der Waals surface area contributed by atoms with Crippen molar-refractivity contribution in [3.05, 3.63) is 36.0 Å². The number of anilines is 1. The fourth-order valence-electron chi connectivity index (χ4n) is 3.40. The molecule has 1 aliphatic rings. The first-order valence-corrected chi connectivity index (χ1v) is 9.55. The number of nitrogens with one attached hydrogen (secondary N) is 1. The highest BCUT2D eigenvalue weighted by molar-refractivity contribution is 7.85. The Kier molecular flexibility index (Phi) is 4.77. The van der Waals surface area contributed by atoms with E-state index in [4.69, 9.17) is 0 Å². The third-order valence-corrected chi connectivity index (χ3v) is 6.23. The maximum Gasteiger partial charge on any atom is 0.0725 e. The summed E-state index contributed by atoms with van der Waals surface area (Å²) < 4.78 is 12.1. The van der Waals surface area contributed by atoms with Crippen LogP contribution in [0.1, 0.15) is 38.3 Å². The zero-order valence-electron chi connectivity index (χ0n) is 13.3. The van der Waals surface area contributed by atoms with Crippen molar-refractivity contribution in [2.45, 2.75) is 50.8 Å². The summed E-state index contributed by atoms with van der Waals surface area (Å²) in [5, 5.41) is 5.22. The molecule has 3 rings (SSSR count). The Labute approximate surface area is 135 Å². The summed E-state index contributed by atoms with van der Waals surface area (Å²) in [6, 6.07) is 10.8. The molecule has 0 radical (unpaired) electrons. The SMILES string of the molecule is CCS(=O)C1CCCC(Nc2cc(C)nc3ccccc23)C1. The van der Waals surface area contributed by atoms with E-state index in [1.165, 1.54) is 5.39 Å². The van der Waals surface area contributed by atoms with Crippen molar-refractivity contribution in [1.29, 1.82) is 0 Å². The molecule has 1 heterocycles. The van der Waals surface area contributed by atoms with Crippen LogP contribution in [-0.2, 0) is 10.8 Å². The normalized spacial score (nSPS) is 23.4. The molecule has 2 aromatic rings. The fraction of sp³-hybridized carbons (Fsp3) is 0.500. The molecule has 1 fully saturated rings. The highest BCUT2D eigenvalue weighted by Crippen LogP contribution is 2.29. The monoisotopic (exact) mass is 316 g/mol. The fourth-order valence-corrected chi connectivity index (χ4v) is 4.75. The molecular weight excluding hydrogens is 292 g/mol. The lowest BCUT2D eigenvalue weighted by Gasteiger charge is -2.30. The second kappa shape index (κ2) is 6.78. The Hall–Kier alpha value is -1.42. The molecule has 0 saturated heterocycles. The number of rotatable bonds is 4. The Bertz CT molecular complexity index is 686. The molecule has 0 bridgehead atoms. The van der Waals surface area contributed by atoms with Crippen molar-refractivity contribution < 1.29 is 4.21 Å². The van der Waals surface area contributed by atoms with E-state index in [0.29, 0.717) is 11.3 Å². The van der Waals surface area contributed by atoms with Gasteiger partial charge in [-0.3, -0.25) is 9.19 Å². The number of aromatic nitrogens is 1. The van der Waals surface area contributed by atoms with Crippen LogP contribution in [0.4, 0.5) is 5.69 Å². The Morgan fingerprint density at radius 1 is 1.32 bits per heavy atom. The molecule has 0 amide bonds. The first kappa shape index (κ1) is 15.5. The molecule has 1 N–H and O–H groups in total. The van der Waals surface area contributed by atoms with E-state index in [9.17, 15) is 4.21 Å². The van der Waals surface area contributed by atoms with Crippen LogP contribution in [0.2, 0.25) is 0 Å². The summed E-state index contributed by atoms with van der Waals surface area (Å²) in [6.45, 7) is 4.06. The number of benzene rings is 1. The van der Waals surface area contributed by atoms with Crippen molar-refractivity contribution >= 4 is 27.4 Å². The first-order valence-electron chi connectivity index (χ1n) is 8.17. The van der Waals surface area contributed by atoms with E-state index in [2.05, 4.69) is 34.6 Å². The van der Waals surface area contributed by atoms with Gasteiger partial charge in [-0.1, -0.05) is 31.5 Å². The Balaban J connectivity index is 1.82. The van der Waals surface area contributed by atoms with Crippen molar-refractivity contribution in [1.82, 2.24) is 4.98 Å². The summed E-state index contributed by atoms with van der Waals surface area (Å²) in [5.41, 5.74) is 3.23. The van der Waals surface area contributed by atoms with E-state index in [-0.39, 0.29) is 0 Å². The number of hydrogen-bond donors (Lipinski definition) is 1. The minimum Gasteiger partial charge on any atom is -0.382 e. The third kappa shape index (κ3) is 3.32. The zero-order valence-corrected chi connectivity index (χ0v) is 14.2. The Morgan fingerprint density at radius 3 is 2.95 bits per heavy atom. The van der Waals surface area contributed by atoms with Gasteiger partial charge < -0.3 is 5.32 Å². The molecule has 3 unspecified atom stereocenters. The van der Waals surface area contributed by atoms with E-state index < -0.39 is 10.8 Å².